The van der Waals surface area contributed by atoms with E-state index in [-0.39, 0.29) is 29.3 Å². The van der Waals surface area contributed by atoms with E-state index in [0.717, 1.165) is 18.6 Å². The number of halogens is 1. The first-order valence-corrected chi connectivity index (χ1v) is 11.3. The third kappa shape index (κ3) is 4.09. The number of carbonyl (C=O) groups is 2. The number of nitrogens with zero attached hydrogens (tertiary/aromatic N) is 2. The van der Waals surface area contributed by atoms with Crippen LogP contribution >= 0.6 is 0 Å². The Kier molecular flexibility index (Phi) is 5.48. The summed E-state index contributed by atoms with van der Waals surface area (Å²) in [4.78, 5) is 26.3. The highest BCUT2D eigenvalue weighted by atomic mass is 32.2. The van der Waals surface area contributed by atoms with Crippen molar-refractivity contribution in [3.05, 3.63) is 30.1 Å². The molecule has 4 rings (SSSR count). The number of nitrogens with one attached hydrogen (secondary N) is 1. The van der Waals surface area contributed by atoms with Crippen molar-refractivity contribution in [2.24, 2.45) is 11.8 Å². The van der Waals surface area contributed by atoms with E-state index in [1.807, 2.05) is 0 Å². The van der Waals surface area contributed by atoms with E-state index >= 15 is 0 Å². The van der Waals surface area contributed by atoms with E-state index in [4.69, 9.17) is 4.74 Å². The van der Waals surface area contributed by atoms with Gasteiger partial charge in [0.2, 0.25) is 15.9 Å². The lowest BCUT2D eigenvalue weighted by Gasteiger charge is -2.42. The number of cyclic esters (lactones) is 1. The van der Waals surface area contributed by atoms with Gasteiger partial charge in [0.1, 0.15) is 5.82 Å². The second-order valence-corrected chi connectivity index (χ2v) is 9.78. The molecule has 3 heterocycles. The Labute approximate surface area is 169 Å². The molecule has 1 N–H and O–H groups in total. The highest BCUT2D eigenvalue weighted by Gasteiger charge is 2.40. The molecule has 10 heteroatoms. The lowest BCUT2D eigenvalue weighted by Crippen LogP contribution is -2.59. The number of ether oxygens (including phenoxy) is 1. The Hall–Kier alpha value is -2.20. The SMILES string of the molecule is O=C1N[C@H]2CN(C(=O)C3CCCN(S(=O)(=O)c4ccc(F)cc4)C3)CC[C@@H]2CO1. The molecule has 158 valence electrons. The van der Waals surface area contributed by atoms with Gasteiger partial charge in [0.05, 0.1) is 23.5 Å². The van der Waals surface area contributed by atoms with Crippen LogP contribution in [0.2, 0.25) is 0 Å². The Morgan fingerprint density at radius 2 is 1.90 bits per heavy atom. The van der Waals surface area contributed by atoms with Crippen molar-refractivity contribution in [1.82, 2.24) is 14.5 Å². The fourth-order valence-corrected chi connectivity index (χ4v) is 5.84. The van der Waals surface area contributed by atoms with Crippen molar-refractivity contribution in [3.8, 4) is 0 Å². The van der Waals surface area contributed by atoms with Crippen LogP contribution in [0.15, 0.2) is 29.2 Å². The number of piperidine rings is 2. The Morgan fingerprint density at radius 1 is 1.14 bits per heavy atom. The summed E-state index contributed by atoms with van der Waals surface area (Å²) in [5.41, 5.74) is 0. The van der Waals surface area contributed by atoms with Crippen LogP contribution in [-0.2, 0) is 19.6 Å². The normalized spacial score (nSPS) is 28.2. The monoisotopic (exact) mass is 425 g/mol. The van der Waals surface area contributed by atoms with Gasteiger partial charge in [-0.25, -0.2) is 17.6 Å². The van der Waals surface area contributed by atoms with Gasteiger partial charge in [-0.3, -0.25) is 4.79 Å². The topological polar surface area (TPSA) is 96.0 Å². The van der Waals surface area contributed by atoms with Crippen molar-refractivity contribution >= 4 is 22.0 Å². The minimum absolute atomic E-state index is 0.0257. The van der Waals surface area contributed by atoms with Crippen molar-refractivity contribution in [2.75, 3.05) is 32.8 Å². The molecule has 0 aliphatic carbocycles. The number of likely N-dealkylation sites (tertiary alicyclic amines) is 1. The maximum atomic E-state index is 13.1. The molecule has 3 aliphatic rings. The summed E-state index contributed by atoms with van der Waals surface area (Å²) < 4.78 is 45.2. The number of alkyl carbamates (subject to hydrolysis) is 1. The maximum Gasteiger partial charge on any atom is 0.407 e. The van der Waals surface area contributed by atoms with Crippen LogP contribution in [0.4, 0.5) is 9.18 Å². The van der Waals surface area contributed by atoms with E-state index in [1.165, 1.54) is 16.4 Å². The molecule has 1 aromatic rings. The average molecular weight is 425 g/mol. The van der Waals surface area contributed by atoms with Gasteiger partial charge >= 0.3 is 6.09 Å². The highest BCUT2D eigenvalue weighted by molar-refractivity contribution is 7.89. The first kappa shape index (κ1) is 20.1. The minimum atomic E-state index is -3.78. The van der Waals surface area contributed by atoms with Gasteiger partial charge in [-0.05, 0) is 43.5 Å². The fourth-order valence-electron chi connectivity index (χ4n) is 4.32. The summed E-state index contributed by atoms with van der Waals surface area (Å²) in [5, 5.41) is 2.77. The van der Waals surface area contributed by atoms with Crippen molar-refractivity contribution in [2.45, 2.75) is 30.2 Å². The first-order chi connectivity index (χ1) is 13.8. The third-order valence-corrected chi connectivity index (χ3v) is 7.86. The number of carbonyl (C=O) groups excluding carboxylic acids is 2. The van der Waals surface area contributed by atoms with Gasteiger partial charge < -0.3 is 15.0 Å². The summed E-state index contributed by atoms with van der Waals surface area (Å²) in [6, 6.07) is 4.60. The molecule has 3 fully saturated rings. The number of hydrogen-bond donors (Lipinski definition) is 1. The molecule has 2 amide bonds. The van der Waals surface area contributed by atoms with Crippen molar-refractivity contribution in [3.63, 3.8) is 0 Å². The third-order valence-electron chi connectivity index (χ3n) is 5.98. The fraction of sp³-hybridized carbons (Fsp3) is 0.579. The van der Waals surface area contributed by atoms with Crippen LogP contribution in [0.5, 0.6) is 0 Å². The molecule has 1 unspecified atom stereocenters. The van der Waals surface area contributed by atoms with E-state index in [2.05, 4.69) is 5.32 Å². The van der Waals surface area contributed by atoms with Gasteiger partial charge in [-0.1, -0.05) is 0 Å². The number of amides is 2. The van der Waals surface area contributed by atoms with E-state index in [9.17, 15) is 22.4 Å². The summed E-state index contributed by atoms with van der Waals surface area (Å²) >= 11 is 0. The zero-order chi connectivity index (χ0) is 20.6. The number of hydrogen-bond acceptors (Lipinski definition) is 5. The highest BCUT2D eigenvalue weighted by Crippen LogP contribution is 2.28. The zero-order valence-corrected chi connectivity index (χ0v) is 16.7. The van der Waals surface area contributed by atoms with Crippen molar-refractivity contribution < 1.29 is 27.1 Å². The van der Waals surface area contributed by atoms with Crippen LogP contribution in [-0.4, -0.2) is 68.5 Å². The zero-order valence-electron chi connectivity index (χ0n) is 15.9. The first-order valence-electron chi connectivity index (χ1n) is 9.82. The standard InChI is InChI=1S/C19H24FN3O5S/c20-15-3-5-16(6-4-15)29(26,27)23-8-1-2-13(10-23)18(24)22-9-7-14-12-28-19(25)21-17(14)11-22/h3-6,13-14,17H,1-2,7-12H2,(H,21,25)/t13?,14-,17+/m1/s1. The van der Waals surface area contributed by atoms with Crippen LogP contribution < -0.4 is 5.32 Å². The van der Waals surface area contributed by atoms with Crippen molar-refractivity contribution in [1.29, 1.82) is 0 Å². The lowest BCUT2D eigenvalue weighted by atomic mass is 9.89. The minimum Gasteiger partial charge on any atom is -0.449 e. The molecular formula is C19H24FN3O5S. The molecule has 1 aromatic carbocycles. The second-order valence-electron chi connectivity index (χ2n) is 7.84. The molecule has 8 nitrogen and oxygen atoms in total. The Morgan fingerprint density at radius 3 is 2.66 bits per heavy atom. The van der Waals surface area contributed by atoms with Gasteiger partial charge in [0, 0.05) is 32.1 Å². The Balaban J connectivity index is 1.43. The van der Waals surface area contributed by atoms with Crippen LogP contribution in [0.1, 0.15) is 19.3 Å². The molecule has 0 radical (unpaired) electrons. The van der Waals surface area contributed by atoms with E-state index in [0.29, 0.717) is 39.1 Å². The molecule has 0 bridgehead atoms. The van der Waals surface area contributed by atoms with Crippen LogP contribution in [0, 0.1) is 17.7 Å². The van der Waals surface area contributed by atoms with Crippen LogP contribution in [0.3, 0.4) is 0 Å². The van der Waals surface area contributed by atoms with Crippen LogP contribution in [0.25, 0.3) is 0 Å². The number of benzene rings is 1. The summed E-state index contributed by atoms with van der Waals surface area (Å²) in [6.07, 6.45) is 1.48. The van der Waals surface area contributed by atoms with Gasteiger partial charge in [0.25, 0.3) is 0 Å². The molecular weight excluding hydrogens is 401 g/mol. The quantitative estimate of drug-likeness (QED) is 0.785. The largest absolute Gasteiger partial charge is 0.449 e. The summed E-state index contributed by atoms with van der Waals surface area (Å²) in [6.45, 7) is 1.80. The second kappa shape index (κ2) is 7.91. The smallest absolute Gasteiger partial charge is 0.407 e. The average Bonchev–Trinajstić information content (AvgIpc) is 2.73. The van der Waals surface area contributed by atoms with Gasteiger partial charge in [-0.2, -0.15) is 4.31 Å². The van der Waals surface area contributed by atoms with Gasteiger partial charge in [0.15, 0.2) is 0 Å². The summed E-state index contributed by atoms with van der Waals surface area (Å²) in [5.74, 6) is -0.813. The molecule has 3 saturated heterocycles. The molecule has 0 spiro atoms. The number of sulfonamides is 1. The van der Waals surface area contributed by atoms with E-state index < -0.39 is 27.9 Å². The predicted octanol–water partition coefficient (Wildman–Crippen LogP) is 1.18. The molecule has 0 aromatic heterocycles. The number of fused-ring (bicyclic) bond motifs is 1. The van der Waals surface area contributed by atoms with Gasteiger partial charge in [-0.15, -0.1) is 0 Å². The summed E-state index contributed by atoms with van der Waals surface area (Å²) in [7, 11) is -3.78. The number of rotatable bonds is 3. The maximum absolute atomic E-state index is 13.1. The molecule has 3 aliphatic heterocycles. The van der Waals surface area contributed by atoms with E-state index in [1.54, 1.807) is 4.90 Å². The molecule has 3 atom stereocenters. The molecule has 29 heavy (non-hydrogen) atoms. The predicted molar refractivity (Wildman–Crippen MR) is 101 cm³/mol. The molecule has 0 saturated carbocycles. The Bertz CT molecular complexity index is 892. The lowest BCUT2D eigenvalue weighted by molar-refractivity contribution is -0.139.